The van der Waals surface area contributed by atoms with E-state index in [1.54, 1.807) is 24.3 Å². The van der Waals surface area contributed by atoms with Gasteiger partial charge in [0.25, 0.3) is 5.91 Å². The van der Waals surface area contributed by atoms with Crippen LogP contribution in [0.4, 0.5) is 0 Å². The summed E-state index contributed by atoms with van der Waals surface area (Å²) in [6, 6.07) is 7.02. The van der Waals surface area contributed by atoms with Gasteiger partial charge in [-0.2, -0.15) is 0 Å². The van der Waals surface area contributed by atoms with Gasteiger partial charge in [-0.25, -0.2) is 9.48 Å². The fourth-order valence-corrected chi connectivity index (χ4v) is 5.85. The molecule has 2 aromatic rings. The first-order chi connectivity index (χ1) is 15.9. The minimum absolute atomic E-state index is 0.0786. The SMILES string of the molecule is C#CCn1nnnc1SCC1=C(C(=O)O)N2C(=O)C(NC(=O)[C@H](N)c3ccccc3)[C@H]2SC1. The Hall–Kier alpha value is -3.34. The van der Waals surface area contributed by atoms with E-state index < -0.39 is 35.2 Å². The molecule has 0 bridgehead atoms. The highest BCUT2D eigenvalue weighted by Crippen LogP contribution is 2.41. The zero-order chi connectivity index (χ0) is 23.5. The molecule has 2 amide bonds. The zero-order valence-electron chi connectivity index (χ0n) is 17.1. The molecule has 0 radical (unpaired) electrons. The summed E-state index contributed by atoms with van der Waals surface area (Å²) in [6.07, 6.45) is 5.30. The van der Waals surface area contributed by atoms with Gasteiger partial charge in [0.15, 0.2) is 0 Å². The molecule has 170 valence electrons. The predicted octanol–water partition coefficient (Wildman–Crippen LogP) is -0.163. The van der Waals surface area contributed by atoms with E-state index in [1.165, 1.54) is 33.1 Å². The van der Waals surface area contributed by atoms with E-state index in [1.807, 2.05) is 6.07 Å². The van der Waals surface area contributed by atoms with Gasteiger partial charge < -0.3 is 16.2 Å². The second-order valence-electron chi connectivity index (χ2n) is 7.15. The number of rotatable bonds is 8. The third kappa shape index (κ3) is 4.45. The number of aromatic nitrogens is 4. The van der Waals surface area contributed by atoms with Crippen LogP contribution in [0.25, 0.3) is 0 Å². The average Bonchev–Trinajstić information content (AvgIpc) is 3.27. The summed E-state index contributed by atoms with van der Waals surface area (Å²) >= 11 is 2.61. The number of carbonyl (C=O) groups excluding carboxylic acids is 2. The molecule has 4 N–H and O–H groups in total. The van der Waals surface area contributed by atoms with Crippen molar-refractivity contribution in [2.24, 2.45) is 5.73 Å². The highest BCUT2D eigenvalue weighted by atomic mass is 32.2. The van der Waals surface area contributed by atoms with Gasteiger partial charge in [-0.15, -0.1) is 23.3 Å². The summed E-state index contributed by atoms with van der Waals surface area (Å²) in [5, 5.41) is 23.7. The lowest BCUT2D eigenvalue weighted by atomic mass is 10.0. The molecule has 11 nitrogen and oxygen atoms in total. The molecule has 1 fully saturated rings. The summed E-state index contributed by atoms with van der Waals surface area (Å²) in [6.45, 7) is 0.189. The third-order valence-corrected chi connectivity index (χ3v) is 7.49. The average molecular weight is 486 g/mol. The standard InChI is InChI=1S/C20H19N7O4S2/c1-2-8-26-20(23-24-25-26)33-10-12-9-32-18-14(17(29)27(18)15(12)19(30)31)22-16(28)13(21)11-6-4-3-5-7-11/h1,3-7,13-14,18H,8-10,21H2,(H,22,28)(H,30,31)/t13-,14?,18-/m1/s1. The van der Waals surface area contributed by atoms with Crippen LogP contribution >= 0.6 is 23.5 Å². The molecule has 4 rings (SSSR count). The molecular formula is C20H19N7O4S2. The molecule has 1 unspecified atom stereocenters. The van der Waals surface area contributed by atoms with Crippen molar-refractivity contribution in [3.63, 3.8) is 0 Å². The number of carboxylic acid groups (broad SMARTS) is 1. The fraction of sp³-hybridized carbons (Fsp3) is 0.300. The number of amides is 2. The number of nitrogens with two attached hydrogens (primary N) is 1. The maximum atomic E-state index is 12.8. The zero-order valence-corrected chi connectivity index (χ0v) is 18.8. The number of tetrazole rings is 1. The first kappa shape index (κ1) is 22.8. The van der Waals surface area contributed by atoms with E-state index in [0.717, 1.165) is 0 Å². The first-order valence-corrected chi connectivity index (χ1v) is 11.8. The third-order valence-electron chi connectivity index (χ3n) is 5.10. The van der Waals surface area contributed by atoms with E-state index in [2.05, 4.69) is 26.8 Å². The monoisotopic (exact) mass is 485 g/mol. The van der Waals surface area contributed by atoms with Gasteiger partial charge in [0.2, 0.25) is 11.1 Å². The number of fused-ring (bicyclic) bond motifs is 1. The molecule has 0 aliphatic carbocycles. The minimum Gasteiger partial charge on any atom is -0.477 e. The Labute approximate surface area is 197 Å². The largest absolute Gasteiger partial charge is 0.477 e. The molecule has 2 aliphatic rings. The maximum absolute atomic E-state index is 12.8. The topological polar surface area (TPSA) is 156 Å². The van der Waals surface area contributed by atoms with Crippen molar-refractivity contribution in [1.29, 1.82) is 0 Å². The number of nitrogens with one attached hydrogen (secondary N) is 1. The molecule has 2 aliphatic heterocycles. The highest BCUT2D eigenvalue weighted by molar-refractivity contribution is 8.01. The summed E-state index contributed by atoms with van der Waals surface area (Å²) in [4.78, 5) is 38.6. The van der Waals surface area contributed by atoms with Crippen molar-refractivity contribution in [3.05, 3.63) is 47.2 Å². The highest BCUT2D eigenvalue weighted by Gasteiger charge is 2.54. The lowest BCUT2D eigenvalue weighted by Gasteiger charge is -2.49. The Morgan fingerprint density at radius 3 is 2.85 bits per heavy atom. The minimum atomic E-state index is -1.21. The lowest BCUT2D eigenvalue weighted by Crippen LogP contribution is -2.71. The number of terminal acetylenes is 1. The lowest BCUT2D eigenvalue weighted by molar-refractivity contribution is -0.150. The van der Waals surface area contributed by atoms with Gasteiger partial charge in [0, 0.05) is 11.5 Å². The summed E-state index contributed by atoms with van der Waals surface area (Å²) < 4.78 is 1.43. The molecular weight excluding hydrogens is 466 g/mol. The van der Waals surface area contributed by atoms with E-state index in [0.29, 0.717) is 22.0 Å². The van der Waals surface area contributed by atoms with E-state index >= 15 is 0 Å². The number of carbonyl (C=O) groups is 3. The molecule has 1 aromatic heterocycles. The number of benzene rings is 1. The Morgan fingerprint density at radius 2 is 2.15 bits per heavy atom. The van der Waals surface area contributed by atoms with Gasteiger partial charge in [0.1, 0.15) is 29.7 Å². The van der Waals surface area contributed by atoms with Crippen molar-refractivity contribution in [2.45, 2.75) is 29.2 Å². The molecule has 3 atom stereocenters. The number of aliphatic carboxylic acids is 1. The van der Waals surface area contributed by atoms with Gasteiger partial charge in [-0.1, -0.05) is 48.0 Å². The van der Waals surface area contributed by atoms with E-state index in [-0.39, 0.29) is 18.0 Å². The Morgan fingerprint density at radius 1 is 1.39 bits per heavy atom. The van der Waals surface area contributed by atoms with E-state index in [4.69, 9.17) is 12.2 Å². The summed E-state index contributed by atoms with van der Waals surface area (Å²) in [5.41, 5.74) is 7.11. The van der Waals surface area contributed by atoms with Gasteiger partial charge in [0.05, 0.1) is 0 Å². The number of β-lactam (4-membered cyclic amide) rings is 1. The smallest absolute Gasteiger partial charge is 0.352 e. The first-order valence-electron chi connectivity index (χ1n) is 9.75. The van der Waals surface area contributed by atoms with Crippen LogP contribution in [0.5, 0.6) is 0 Å². The van der Waals surface area contributed by atoms with Crippen molar-refractivity contribution in [3.8, 4) is 12.3 Å². The maximum Gasteiger partial charge on any atom is 0.352 e. The van der Waals surface area contributed by atoms with Crippen LogP contribution in [-0.4, -0.2) is 70.9 Å². The molecule has 3 heterocycles. The van der Waals surface area contributed by atoms with Crippen LogP contribution in [0.3, 0.4) is 0 Å². The number of carboxylic acids is 1. The molecule has 0 spiro atoms. The van der Waals surface area contributed by atoms with Crippen LogP contribution in [0.15, 0.2) is 46.8 Å². The van der Waals surface area contributed by atoms with Gasteiger partial charge in [-0.05, 0) is 21.6 Å². The van der Waals surface area contributed by atoms with Crippen molar-refractivity contribution in [2.75, 3.05) is 11.5 Å². The Bertz CT molecular complexity index is 1160. The second-order valence-corrected chi connectivity index (χ2v) is 9.20. The Balaban J connectivity index is 1.46. The second kappa shape index (κ2) is 9.65. The fourth-order valence-electron chi connectivity index (χ4n) is 3.49. The van der Waals surface area contributed by atoms with Gasteiger partial charge >= 0.3 is 5.97 Å². The van der Waals surface area contributed by atoms with Crippen molar-refractivity contribution >= 4 is 41.3 Å². The quantitative estimate of drug-likeness (QED) is 0.261. The van der Waals surface area contributed by atoms with E-state index in [9.17, 15) is 19.5 Å². The number of hydrogen-bond donors (Lipinski definition) is 3. The molecule has 13 heteroatoms. The predicted molar refractivity (Wildman–Crippen MR) is 120 cm³/mol. The van der Waals surface area contributed by atoms with Crippen LogP contribution in [0.1, 0.15) is 11.6 Å². The number of thioether (sulfide) groups is 2. The van der Waals surface area contributed by atoms with Crippen molar-refractivity contribution < 1.29 is 19.5 Å². The van der Waals surface area contributed by atoms with Crippen LogP contribution in [-0.2, 0) is 20.9 Å². The molecule has 0 saturated carbocycles. The van der Waals surface area contributed by atoms with Crippen LogP contribution in [0, 0.1) is 12.3 Å². The molecule has 1 aromatic carbocycles. The Kier molecular flexibility index (Phi) is 6.68. The number of nitrogens with zero attached hydrogens (tertiary/aromatic N) is 5. The van der Waals surface area contributed by atoms with Crippen molar-refractivity contribution in [1.82, 2.24) is 30.4 Å². The van der Waals surface area contributed by atoms with Crippen LogP contribution in [0.2, 0.25) is 0 Å². The molecule has 1 saturated heterocycles. The number of hydrogen-bond acceptors (Lipinski definition) is 9. The van der Waals surface area contributed by atoms with Crippen LogP contribution < -0.4 is 11.1 Å². The van der Waals surface area contributed by atoms with Gasteiger partial charge in [-0.3, -0.25) is 14.5 Å². The normalized spacial score (nSPS) is 20.5. The molecule has 33 heavy (non-hydrogen) atoms. The summed E-state index contributed by atoms with van der Waals surface area (Å²) in [7, 11) is 0. The summed E-state index contributed by atoms with van der Waals surface area (Å²) in [5.74, 6) is 0.888.